The second-order valence-electron chi connectivity index (χ2n) is 2.17. The van der Waals surface area contributed by atoms with Gasteiger partial charge in [-0.25, -0.2) is 0 Å². The highest BCUT2D eigenvalue weighted by atomic mass is 35.5. The molecule has 0 aliphatic rings. The largest absolute Gasteiger partial charge is 0.673 e. The third-order valence-electron chi connectivity index (χ3n) is 1.04. The van der Waals surface area contributed by atoms with Gasteiger partial charge in [0.25, 0.3) is 0 Å². The second kappa shape index (κ2) is 5.78. The highest BCUT2D eigenvalue weighted by Gasteiger charge is 2.20. The molecule has 0 saturated carbocycles. The molecule has 0 radical (unpaired) electrons. The number of rotatable bonds is 0. The Bertz CT molecular complexity index is 350. The summed E-state index contributed by atoms with van der Waals surface area (Å²) in [7, 11) is -6.00. The molecule has 9 heteroatoms. The maximum absolute atomic E-state index is 9.75. The number of halogens is 6. The summed E-state index contributed by atoms with van der Waals surface area (Å²) in [4.78, 5) is 2.91. The highest BCUT2D eigenvalue weighted by Crippen LogP contribution is 2.32. The van der Waals surface area contributed by atoms with Crippen LogP contribution in [0.5, 0.6) is 0 Å². The zero-order valence-electron chi connectivity index (χ0n) is 6.97. The van der Waals surface area contributed by atoms with Gasteiger partial charge in [-0.15, -0.1) is 0 Å². The Morgan fingerprint density at radius 3 is 1.60 bits per heavy atom. The lowest BCUT2D eigenvalue weighted by Crippen LogP contribution is -2.02. The number of benzene rings is 1. The van der Waals surface area contributed by atoms with E-state index in [9.17, 15) is 17.3 Å². The van der Waals surface area contributed by atoms with Crippen molar-refractivity contribution in [3.63, 3.8) is 0 Å². The molecule has 0 fully saturated rings. The lowest BCUT2D eigenvalue weighted by atomic mass is 10.3. The Labute approximate surface area is 92.5 Å². The predicted octanol–water partition coefficient (Wildman–Crippen LogP) is 4.78. The summed E-state index contributed by atoms with van der Waals surface area (Å²) in [5, 5.41) is 9.04. The first-order valence-electron chi connectivity index (χ1n) is 3.42. The normalized spacial score (nSPS) is 9.93. The molecule has 0 bridgehead atoms. The molecule has 1 aromatic rings. The van der Waals surface area contributed by atoms with Crippen LogP contribution in [0.4, 0.5) is 23.0 Å². The van der Waals surface area contributed by atoms with E-state index >= 15 is 0 Å². The van der Waals surface area contributed by atoms with Crippen molar-refractivity contribution in [1.82, 2.24) is 0 Å². The van der Waals surface area contributed by atoms with Crippen molar-refractivity contribution < 1.29 is 17.3 Å². The van der Waals surface area contributed by atoms with Gasteiger partial charge in [0.1, 0.15) is 10.0 Å². The van der Waals surface area contributed by atoms with Crippen LogP contribution in [0.25, 0.3) is 4.98 Å². The fourth-order valence-electron chi connectivity index (χ4n) is 0.585. The first kappa shape index (κ1) is 14.0. The highest BCUT2D eigenvalue weighted by molar-refractivity contribution is 6.50. The molecule has 0 amide bonds. The quantitative estimate of drug-likeness (QED) is 0.375. The van der Waals surface area contributed by atoms with Crippen LogP contribution in [0.1, 0.15) is 0 Å². The molecule has 2 nitrogen and oxygen atoms in total. The van der Waals surface area contributed by atoms with Crippen LogP contribution >= 0.6 is 23.2 Å². The van der Waals surface area contributed by atoms with E-state index in [1.165, 1.54) is 0 Å². The Hall–Kier alpha value is -0.995. The van der Waals surface area contributed by atoms with E-state index < -0.39 is 7.25 Å². The Kier molecular flexibility index (Phi) is 5.40. The van der Waals surface area contributed by atoms with Gasteiger partial charge < -0.3 is 17.3 Å². The SMILES string of the molecule is F[B-](F)(F)F.N#[N+]c1c(Cl)cccc1Cl. The second-order valence-corrected chi connectivity index (χ2v) is 2.98. The van der Waals surface area contributed by atoms with Crippen LogP contribution < -0.4 is 0 Å². The predicted molar refractivity (Wildman–Crippen MR) is 51.4 cm³/mol. The first-order chi connectivity index (χ1) is 6.75. The minimum Gasteiger partial charge on any atom is -0.418 e. The van der Waals surface area contributed by atoms with Crippen molar-refractivity contribution in [2.45, 2.75) is 0 Å². The molecular weight excluding hydrogens is 258 g/mol. The standard InChI is InChI=1S/C6H3Cl2N2.BF4/c7-4-2-1-3-5(8)6(4)10-9;2-1(3,4)5/h1-3H;/q+1;-1. The van der Waals surface area contributed by atoms with E-state index in [1.807, 2.05) is 0 Å². The van der Waals surface area contributed by atoms with E-state index in [0.717, 1.165) is 0 Å². The van der Waals surface area contributed by atoms with Gasteiger partial charge in [0.2, 0.25) is 5.39 Å². The average Bonchev–Trinajstić information content (AvgIpc) is 2.01. The van der Waals surface area contributed by atoms with Crippen LogP contribution in [0.2, 0.25) is 10.0 Å². The summed E-state index contributed by atoms with van der Waals surface area (Å²) in [5.41, 5.74) is 0.214. The zero-order valence-corrected chi connectivity index (χ0v) is 8.48. The molecule has 0 saturated heterocycles. The van der Waals surface area contributed by atoms with E-state index in [-0.39, 0.29) is 5.69 Å². The van der Waals surface area contributed by atoms with Gasteiger partial charge in [-0.3, -0.25) is 0 Å². The monoisotopic (exact) mass is 260 g/mol. The van der Waals surface area contributed by atoms with Crippen molar-refractivity contribution in [1.29, 1.82) is 5.39 Å². The number of diazo groups is 1. The molecular formula is C6H3BCl2F4N2. The van der Waals surface area contributed by atoms with Gasteiger partial charge in [0.05, 0.1) is 0 Å². The van der Waals surface area contributed by atoms with Crippen LogP contribution in [-0.2, 0) is 0 Å². The average molecular weight is 261 g/mol. The van der Waals surface area contributed by atoms with Crippen LogP contribution in [0, 0.1) is 5.39 Å². The van der Waals surface area contributed by atoms with Crippen molar-refractivity contribution in [2.75, 3.05) is 0 Å². The van der Waals surface area contributed by atoms with Crippen molar-refractivity contribution in [3.05, 3.63) is 33.2 Å². The molecule has 0 heterocycles. The molecule has 0 N–H and O–H groups in total. The molecule has 0 atom stereocenters. The lowest BCUT2D eigenvalue weighted by molar-refractivity contribution is 0.368. The number of hydrogen-bond acceptors (Lipinski definition) is 1. The van der Waals surface area contributed by atoms with E-state index in [4.69, 9.17) is 28.6 Å². The molecule has 0 aliphatic heterocycles. The van der Waals surface area contributed by atoms with Gasteiger partial charge >= 0.3 is 12.9 Å². The van der Waals surface area contributed by atoms with Gasteiger partial charge in [-0.2, -0.15) is 0 Å². The van der Waals surface area contributed by atoms with Gasteiger partial charge in [-0.1, -0.05) is 29.3 Å². The Morgan fingerprint density at radius 2 is 1.40 bits per heavy atom. The Balaban J connectivity index is 0.000000336. The van der Waals surface area contributed by atoms with Crippen molar-refractivity contribution in [3.8, 4) is 0 Å². The molecule has 15 heavy (non-hydrogen) atoms. The third-order valence-corrected chi connectivity index (χ3v) is 1.65. The first-order valence-corrected chi connectivity index (χ1v) is 4.17. The third kappa shape index (κ3) is 7.00. The van der Waals surface area contributed by atoms with Crippen LogP contribution in [-0.4, -0.2) is 7.25 Å². The van der Waals surface area contributed by atoms with Gasteiger partial charge in [0.15, 0.2) is 4.98 Å². The molecule has 1 rings (SSSR count). The molecule has 0 aromatic heterocycles. The van der Waals surface area contributed by atoms with E-state index in [0.29, 0.717) is 10.0 Å². The fourth-order valence-corrected chi connectivity index (χ4v) is 1.06. The van der Waals surface area contributed by atoms with E-state index in [1.54, 1.807) is 18.2 Å². The fraction of sp³-hybridized carbons (Fsp3) is 0. The number of nitrogens with zero attached hydrogens (tertiary/aromatic N) is 2. The maximum Gasteiger partial charge on any atom is 0.673 e. The molecule has 0 unspecified atom stereocenters. The lowest BCUT2D eigenvalue weighted by Gasteiger charge is -1.94. The smallest absolute Gasteiger partial charge is 0.418 e. The maximum atomic E-state index is 9.75. The minimum atomic E-state index is -6.00. The van der Waals surface area contributed by atoms with E-state index in [2.05, 4.69) is 4.98 Å². The zero-order chi connectivity index (χ0) is 12.1. The Morgan fingerprint density at radius 1 is 1.07 bits per heavy atom. The summed E-state index contributed by atoms with van der Waals surface area (Å²) in [6.45, 7) is 0. The molecule has 1 aromatic carbocycles. The summed E-state index contributed by atoms with van der Waals surface area (Å²) < 4.78 is 39.0. The molecule has 0 spiro atoms. The molecule has 82 valence electrons. The van der Waals surface area contributed by atoms with Gasteiger partial charge in [-0.05, 0) is 12.1 Å². The topological polar surface area (TPSA) is 28.1 Å². The van der Waals surface area contributed by atoms with Crippen LogP contribution in [0.15, 0.2) is 18.2 Å². The van der Waals surface area contributed by atoms with Gasteiger partial charge in [0, 0.05) is 0 Å². The summed E-state index contributed by atoms with van der Waals surface area (Å²) >= 11 is 11.2. The van der Waals surface area contributed by atoms with Crippen molar-refractivity contribution >= 4 is 36.1 Å². The van der Waals surface area contributed by atoms with Crippen LogP contribution in [0.3, 0.4) is 0 Å². The molecule has 0 aliphatic carbocycles. The minimum absolute atomic E-state index is 0.214. The van der Waals surface area contributed by atoms with Crippen molar-refractivity contribution in [2.24, 2.45) is 0 Å². The summed E-state index contributed by atoms with van der Waals surface area (Å²) in [6, 6.07) is 4.88. The summed E-state index contributed by atoms with van der Waals surface area (Å²) in [6.07, 6.45) is 0. The number of hydrogen-bond donors (Lipinski definition) is 0. The summed E-state index contributed by atoms with van der Waals surface area (Å²) in [5.74, 6) is 0.